The second-order valence-corrected chi connectivity index (χ2v) is 8.84. The van der Waals surface area contributed by atoms with E-state index in [9.17, 15) is 19.8 Å². The Labute approximate surface area is 200 Å². The molecule has 0 aliphatic carbocycles. The van der Waals surface area contributed by atoms with Crippen molar-refractivity contribution in [2.45, 2.75) is 23.6 Å². The van der Waals surface area contributed by atoms with Crippen molar-refractivity contribution < 1.29 is 9.31 Å². The van der Waals surface area contributed by atoms with Crippen molar-refractivity contribution in [1.82, 2.24) is 4.57 Å². The monoisotopic (exact) mass is 469 g/mol. The average Bonchev–Trinajstić information content (AvgIpc) is 3.11. The van der Waals surface area contributed by atoms with E-state index in [1.807, 2.05) is 44.2 Å². The van der Waals surface area contributed by atoms with Gasteiger partial charge in [0, 0.05) is 39.0 Å². The van der Waals surface area contributed by atoms with E-state index in [0.29, 0.717) is 11.1 Å². The number of aromatic nitrogens is 1. The SMILES string of the molecule is Cc1cc(/C=C(/C#N)c2cccc(F)c2)c(C)n1-c1ccc(Sc2ccc([N+](=O)[O-])cc2)cc1. The number of hydrogen-bond acceptors (Lipinski definition) is 4. The Bertz CT molecular complexity index is 1430. The van der Waals surface area contributed by atoms with Crippen molar-refractivity contribution in [1.29, 1.82) is 5.26 Å². The van der Waals surface area contributed by atoms with Crippen LogP contribution < -0.4 is 0 Å². The van der Waals surface area contributed by atoms with Crippen LogP contribution in [0.15, 0.2) is 88.7 Å². The maximum atomic E-state index is 13.6. The van der Waals surface area contributed by atoms with Gasteiger partial charge in [-0.25, -0.2) is 4.39 Å². The highest BCUT2D eigenvalue weighted by atomic mass is 32.2. The molecule has 0 unspecified atom stereocenters. The van der Waals surface area contributed by atoms with Crippen LogP contribution in [0.4, 0.5) is 10.1 Å². The average molecular weight is 470 g/mol. The molecule has 7 heteroatoms. The molecule has 168 valence electrons. The van der Waals surface area contributed by atoms with Crippen molar-refractivity contribution in [3.63, 3.8) is 0 Å². The minimum absolute atomic E-state index is 0.0695. The van der Waals surface area contributed by atoms with Gasteiger partial charge in [0.2, 0.25) is 0 Å². The van der Waals surface area contributed by atoms with Gasteiger partial charge in [-0.1, -0.05) is 23.9 Å². The molecular formula is C27H20FN3O2S. The standard InChI is InChI=1S/C27H20FN3O2S/c1-18-14-21(15-22(17-29)20-4-3-5-23(28)16-20)19(2)30(18)24-6-10-26(11-7-24)34-27-12-8-25(9-13-27)31(32)33/h3-16H,1-2H3/b22-15-. The third kappa shape index (κ3) is 4.92. The summed E-state index contributed by atoms with van der Waals surface area (Å²) < 4.78 is 15.7. The molecule has 34 heavy (non-hydrogen) atoms. The Hall–Kier alpha value is -4.15. The third-order valence-electron chi connectivity index (χ3n) is 5.40. The van der Waals surface area contributed by atoms with Crippen LogP contribution in [0.3, 0.4) is 0 Å². The Morgan fingerprint density at radius 1 is 1.03 bits per heavy atom. The molecule has 0 spiro atoms. The van der Waals surface area contributed by atoms with Crippen LogP contribution in [0.2, 0.25) is 0 Å². The fourth-order valence-corrected chi connectivity index (χ4v) is 4.57. The Kier molecular flexibility index (Phi) is 6.62. The Morgan fingerprint density at radius 2 is 1.68 bits per heavy atom. The number of allylic oxidation sites excluding steroid dienone is 1. The van der Waals surface area contributed by atoms with Crippen LogP contribution in [0.25, 0.3) is 17.3 Å². The number of halogens is 1. The number of nitro groups is 1. The molecule has 1 aromatic heterocycles. The van der Waals surface area contributed by atoms with Crippen molar-refractivity contribution >= 4 is 29.1 Å². The van der Waals surface area contributed by atoms with E-state index in [-0.39, 0.29) is 11.5 Å². The quantitative estimate of drug-likeness (QED) is 0.168. The Morgan fingerprint density at radius 3 is 2.26 bits per heavy atom. The smallest absolute Gasteiger partial charge is 0.269 e. The highest BCUT2D eigenvalue weighted by molar-refractivity contribution is 7.99. The second kappa shape index (κ2) is 9.77. The largest absolute Gasteiger partial charge is 0.318 e. The molecule has 0 atom stereocenters. The molecule has 3 aromatic carbocycles. The number of benzene rings is 3. The van der Waals surface area contributed by atoms with Gasteiger partial charge in [0.1, 0.15) is 5.82 Å². The van der Waals surface area contributed by atoms with E-state index in [1.54, 1.807) is 30.3 Å². The van der Waals surface area contributed by atoms with E-state index in [4.69, 9.17) is 0 Å². The van der Waals surface area contributed by atoms with E-state index in [1.165, 1.54) is 36.0 Å². The molecule has 0 N–H and O–H groups in total. The van der Waals surface area contributed by atoms with Gasteiger partial charge in [0.15, 0.2) is 0 Å². The molecular weight excluding hydrogens is 449 g/mol. The van der Waals surface area contributed by atoms with Gasteiger partial charge < -0.3 is 4.57 Å². The molecule has 0 saturated heterocycles. The first-order valence-corrected chi connectivity index (χ1v) is 11.3. The zero-order valence-corrected chi connectivity index (χ0v) is 19.3. The van der Waals surface area contributed by atoms with Crippen molar-refractivity contribution in [3.05, 3.63) is 117 Å². The van der Waals surface area contributed by atoms with Crippen LogP contribution >= 0.6 is 11.8 Å². The van der Waals surface area contributed by atoms with Crippen LogP contribution in [-0.2, 0) is 0 Å². The lowest BCUT2D eigenvalue weighted by atomic mass is 10.0. The first-order chi connectivity index (χ1) is 16.4. The number of nitriles is 1. The van der Waals surface area contributed by atoms with E-state index < -0.39 is 4.92 Å². The topological polar surface area (TPSA) is 71.9 Å². The first-order valence-electron chi connectivity index (χ1n) is 10.4. The van der Waals surface area contributed by atoms with Crippen molar-refractivity contribution in [2.75, 3.05) is 0 Å². The predicted molar refractivity (Wildman–Crippen MR) is 132 cm³/mol. The summed E-state index contributed by atoms with van der Waals surface area (Å²) in [4.78, 5) is 12.3. The fourth-order valence-electron chi connectivity index (χ4n) is 3.76. The zero-order valence-electron chi connectivity index (χ0n) is 18.5. The van der Waals surface area contributed by atoms with Gasteiger partial charge >= 0.3 is 0 Å². The van der Waals surface area contributed by atoms with Crippen molar-refractivity contribution in [2.24, 2.45) is 0 Å². The lowest BCUT2D eigenvalue weighted by Crippen LogP contribution is -1.98. The molecule has 0 fully saturated rings. The summed E-state index contributed by atoms with van der Waals surface area (Å²) in [6, 6.07) is 24.7. The maximum absolute atomic E-state index is 13.6. The van der Waals surface area contributed by atoms with Gasteiger partial charge in [-0.05, 0) is 85.6 Å². The second-order valence-electron chi connectivity index (χ2n) is 7.69. The van der Waals surface area contributed by atoms with Gasteiger partial charge in [0.25, 0.3) is 5.69 Å². The van der Waals surface area contributed by atoms with E-state index in [0.717, 1.165) is 32.4 Å². The molecule has 0 saturated carbocycles. The summed E-state index contributed by atoms with van der Waals surface area (Å²) in [5.74, 6) is -0.379. The lowest BCUT2D eigenvalue weighted by Gasteiger charge is -2.11. The normalized spacial score (nSPS) is 11.3. The van der Waals surface area contributed by atoms with Gasteiger partial charge in [-0.15, -0.1) is 0 Å². The van der Waals surface area contributed by atoms with Crippen LogP contribution in [0.1, 0.15) is 22.5 Å². The molecule has 0 aliphatic rings. The number of nitrogens with zero attached hydrogens (tertiary/aromatic N) is 3. The van der Waals surface area contributed by atoms with Crippen LogP contribution in [0, 0.1) is 41.1 Å². The van der Waals surface area contributed by atoms with Crippen LogP contribution in [-0.4, -0.2) is 9.49 Å². The number of hydrogen-bond donors (Lipinski definition) is 0. The molecule has 5 nitrogen and oxygen atoms in total. The molecule has 0 radical (unpaired) electrons. The molecule has 0 bridgehead atoms. The zero-order chi connectivity index (χ0) is 24.2. The summed E-state index contributed by atoms with van der Waals surface area (Å²) in [5, 5.41) is 20.4. The van der Waals surface area contributed by atoms with Gasteiger partial charge in [-0.2, -0.15) is 5.26 Å². The molecule has 1 heterocycles. The number of aryl methyl sites for hydroxylation is 1. The first kappa shape index (κ1) is 23.0. The van der Waals surface area contributed by atoms with Gasteiger partial charge in [-0.3, -0.25) is 10.1 Å². The number of rotatable bonds is 6. The molecule has 0 amide bonds. The minimum Gasteiger partial charge on any atom is -0.318 e. The highest BCUT2D eigenvalue weighted by Gasteiger charge is 2.12. The van der Waals surface area contributed by atoms with E-state index >= 15 is 0 Å². The minimum atomic E-state index is -0.411. The lowest BCUT2D eigenvalue weighted by molar-refractivity contribution is -0.384. The molecule has 4 aromatic rings. The highest BCUT2D eigenvalue weighted by Crippen LogP contribution is 2.31. The van der Waals surface area contributed by atoms with Crippen molar-refractivity contribution in [3.8, 4) is 11.8 Å². The third-order valence-corrected chi connectivity index (χ3v) is 6.42. The molecule has 0 aliphatic heterocycles. The summed E-state index contributed by atoms with van der Waals surface area (Å²) in [5.41, 5.74) is 4.86. The predicted octanol–water partition coefficient (Wildman–Crippen LogP) is 7.36. The molecule has 4 rings (SSSR count). The summed E-state index contributed by atoms with van der Waals surface area (Å²) in [7, 11) is 0. The van der Waals surface area contributed by atoms with Gasteiger partial charge in [0.05, 0.1) is 16.6 Å². The fraction of sp³-hybridized carbons (Fsp3) is 0.0741. The number of nitro benzene ring substituents is 1. The summed E-state index contributed by atoms with van der Waals surface area (Å²) in [6.45, 7) is 3.98. The summed E-state index contributed by atoms with van der Waals surface area (Å²) >= 11 is 1.53. The number of non-ortho nitro benzene ring substituents is 1. The Balaban J connectivity index is 1.59. The van der Waals surface area contributed by atoms with Crippen LogP contribution in [0.5, 0.6) is 0 Å². The summed E-state index contributed by atoms with van der Waals surface area (Å²) in [6.07, 6.45) is 1.78. The maximum Gasteiger partial charge on any atom is 0.269 e. The van der Waals surface area contributed by atoms with E-state index in [2.05, 4.69) is 10.6 Å².